The van der Waals surface area contributed by atoms with E-state index in [4.69, 9.17) is 4.74 Å². The van der Waals surface area contributed by atoms with E-state index in [1.54, 1.807) is 0 Å². The van der Waals surface area contributed by atoms with Crippen LogP contribution in [-0.4, -0.2) is 31.5 Å². The Balaban J connectivity index is 2.52. The minimum Gasteiger partial charge on any atom is -0.364 e. The van der Waals surface area contributed by atoms with Crippen molar-refractivity contribution in [3.63, 3.8) is 0 Å². The molecule has 0 bridgehead atoms. The summed E-state index contributed by atoms with van der Waals surface area (Å²) in [4.78, 5) is 0. The molecule has 1 aliphatic carbocycles. The maximum absolute atomic E-state index is 12.4. The number of rotatable bonds is 7. The van der Waals surface area contributed by atoms with Crippen LogP contribution in [0.4, 0.5) is 13.2 Å². The lowest BCUT2D eigenvalue weighted by molar-refractivity contribution is -0.211. The molecule has 1 N–H and O–H groups in total. The quantitative estimate of drug-likeness (QED) is 0.764. The first-order chi connectivity index (χ1) is 8.91. The van der Waals surface area contributed by atoms with Gasteiger partial charge in [0.25, 0.3) is 0 Å². The van der Waals surface area contributed by atoms with E-state index >= 15 is 0 Å². The Morgan fingerprint density at radius 3 is 2.32 bits per heavy atom. The summed E-state index contributed by atoms with van der Waals surface area (Å²) in [5, 5.41) is 3.15. The van der Waals surface area contributed by atoms with Gasteiger partial charge in [-0.3, -0.25) is 0 Å². The number of hydrogen-bond donors (Lipinski definition) is 1. The van der Waals surface area contributed by atoms with Gasteiger partial charge in [-0.25, -0.2) is 0 Å². The highest BCUT2D eigenvalue weighted by Crippen LogP contribution is 2.37. The summed E-state index contributed by atoms with van der Waals surface area (Å²) in [7, 11) is 0. The first-order valence-electron chi connectivity index (χ1n) is 7.32. The van der Waals surface area contributed by atoms with Crippen molar-refractivity contribution < 1.29 is 17.9 Å². The fourth-order valence-corrected chi connectivity index (χ4v) is 2.86. The molecular formula is C14H26F3NO. The van der Waals surface area contributed by atoms with Gasteiger partial charge in [0.1, 0.15) is 6.61 Å². The molecule has 0 unspecified atom stereocenters. The fourth-order valence-electron chi connectivity index (χ4n) is 2.86. The second-order valence-electron chi connectivity index (χ2n) is 5.60. The van der Waals surface area contributed by atoms with E-state index in [1.165, 1.54) is 6.42 Å². The molecule has 1 rings (SSSR count). The Hall–Kier alpha value is -0.290. The Kier molecular flexibility index (Phi) is 6.60. The summed E-state index contributed by atoms with van der Waals surface area (Å²) < 4.78 is 42.3. The van der Waals surface area contributed by atoms with Crippen molar-refractivity contribution in [2.75, 3.05) is 19.7 Å². The van der Waals surface area contributed by atoms with Gasteiger partial charge in [-0.2, -0.15) is 13.2 Å². The number of likely N-dealkylation sites (N-methyl/N-ethyl adjacent to an activating group) is 1. The second-order valence-corrected chi connectivity index (χ2v) is 5.60. The predicted molar refractivity (Wildman–Crippen MR) is 70.1 cm³/mol. The highest BCUT2D eigenvalue weighted by atomic mass is 19.4. The molecule has 0 aromatic rings. The molecule has 0 aliphatic heterocycles. The van der Waals surface area contributed by atoms with Crippen LogP contribution in [0.1, 0.15) is 52.4 Å². The molecule has 114 valence electrons. The van der Waals surface area contributed by atoms with E-state index in [-0.39, 0.29) is 0 Å². The third-order valence-electron chi connectivity index (χ3n) is 3.95. The molecule has 5 heteroatoms. The molecule has 0 spiro atoms. The summed E-state index contributed by atoms with van der Waals surface area (Å²) in [5.74, 6) is 0.661. The highest BCUT2D eigenvalue weighted by Gasteiger charge is 2.39. The average molecular weight is 281 g/mol. The minimum atomic E-state index is -4.24. The third-order valence-corrected chi connectivity index (χ3v) is 3.95. The van der Waals surface area contributed by atoms with Crippen LogP contribution in [0.25, 0.3) is 0 Å². The van der Waals surface area contributed by atoms with Crippen LogP contribution < -0.4 is 5.32 Å². The summed E-state index contributed by atoms with van der Waals surface area (Å²) in [6, 6.07) is 0. The Bertz CT molecular complexity index is 248. The largest absolute Gasteiger partial charge is 0.411 e. The number of alkyl halides is 3. The molecule has 0 aromatic carbocycles. The van der Waals surface area contributed by atoms with Crippen LogP contribution in [0.3, 0.4) is 0 Å². The lowest BCUT2D eigenvalue weighted by Crippen LogP contribution is -2.47. The molecule has 1 saturated carbocycles. The van der Waals surface area contributed by atoms with E-state index in [2.05, 4.69) is 12.2 Å². The van der Waals surface area contributed by atoms with Crippen molar-refractivity contribution in [1.29, 1.82) is 0 Å². The van der Waals surface area contributed by atoms with Crippen molar-refractivity contribution in [3.05, 3.63) is 0 Å². The number of halogens is 3. The molecule has 0 saturated heterocycles. The first kappa shape index (κ1) is 16.8. The molecule has 1 aliphatic rings. The van der Waals surface area contributed by atoms with Gasteiger partial charge < -0.3 is 10.1 Å². The van der Waals surface area contributed by atoms with Crippen LogP contribution in [0.2, 0.25) is 0 Å². The predicted octanol–water partition coefficient (Wildman–Crippen LogP) is 3.90. The normalized spacial score (nSPS) is 28.6. The Morgan fingerprint density at radius 2 is 1.84 bits per heavy atom. The fraction of sp³-hybridized carbons (Fsp3) is 1.00. The van der Waals surface area contributed by atoms with Gasteiger partial charge in [-0.05, 0) is 38.1 Å². The van der Waals surface area contributed by atoms with E-state index in [9.17, 15) is 13.2 Å². The zero-order valence-electron chi connectivity index (χ0n) is 12.0. The van der Waals surface area contributed by atoms with Gasteiger partial charge in [0.2, 0.25) is 0 Å². The van der Waals surface area contributed by atoms with Crippen molar-refractivity contribution in [2.45, 2.75) is 64.1 Å². The summed E-state index contributed by atoms with van der Waals surface area (Å²) in [5.41, 5.74) is -0.615. The lowest BCUT2D eigenvalue weighted by atomic mass is 9.77. The standard InChI is InChI=1S/C14H26F3NO/c1-3-5-12-6-8-13(9-7-12,10-18-4-2)19-11-14(15,16)17/h12,18H,3-11H2,1-2H3. The van der Waals surface area contributed by atoms with E-state index in [0.29, 0.717) is 12.5 Å². The van der Waals surface area contributed by atoms with Crippen LogP contribution in [0, 0.1) is 5.92 Å². The molecule has 0 amide bonds. The molecule has 0 radical (unpaired) electrons. The minimum absolute atomic E-state index is 0.526. The summed E-state index contributed by atoms with van der Waals surface area (Å²) >= 11 is 0. The van der Waals surface area contributed by atoms with E-state index in [0.717, 1.165) is 38.6 Å². The SMILES string of the molecule is CCCC1CCC(CNCC)(OCC(F)(F)F)CC1. The monoisotopic (exact) mass is 281 g/mol. The zero-order chi connectivity index (χ0) is 14.4. The summed E-state index contributed by atoms with van der Waals surface area (Å²) in [6.07, 6.45) is 1.53. The molecule has 0 atom stereocenters. The molecular weight excluding hydrogens is 255 g/mol. The van der Waals surface area contributed by atoms with E-state index < -0.39 is 18.4 Å². The molecule has 0 aromatic heterocycles. The van der Waals surface area contributed by atoms with Crippen LogP contribution >= 0.6 is 0 Å². The smallest absolute Gasteiger partial charge is 0.364 e. The number of nitrogens with one attached hydrogen (secondary N) is 1. The second kappa shape index (κ2) is 7.48. The number of ether oxygens (including phenoxy) is 1. The van der Waals surface area contributed by atoms with Crippen LogP contribution in [0.15, 0.2) is 0 Å². The topological polar surface area (TPSA) is 21.3 Å². The molecule has 2 nitrogen and oxygen atoms in total. The Morgan fingerprint density at radius 1 is 1.21 bits per heavy atom. The first-order valence-corrected chi connectivity index (χ1v) is 7.32. The van der Waals surface area contributed by atoms with Crippen LogP contribution in [0.5, 0.6) is 0 Å². The van der Waals surface area contributed by atoms with Gasteiger partial charge in [0.15, 0.2) is 0 Å². The molecule has 19 heavy (non-hydrogen) atoms. The van der Waals surface area contributed by atoms with Gasteiger partial charge in [-0.15, -0.1) is 0 Å². The zero-order valence-corrected chi connectivity index (χ0v) is 12.0. The lowest BCUT2D eigenvalue weighted by Gasteiger charge is -2.40. The third kappa shape index (κ3) is 6.13. The van der Waals surface area contributed by atoms with Crippen molar-refractivity contribution >= 4 is 0 Å². The number of hydrogen-bond acceptors (Lipinski definition) is 2. The highest BCUT2D eigenvalue weighted by molar-refractivity contribution is 4.89. The van der Waals surface area contributed by atoms with Crippen molar-refractivity contribution in [2.24, 2.45) is 5.92 Å². The van der Waals surface area contributed by atoms with Gasteiger partial charge in [0, 0.05) is 6.54 Å². The summed E-state index contributed by atoms with van der Waals surface area (Å²) in [6.45, 7) is 4.27. The average Bonchev–Trinajstić information content (AvgIpc) is 2.36. The van der Waals surface area contributed by atoms with Crippen LogP contribution in [-0.2, 0) is 4.74 Å². The maximum atomic E-state index is 12.4. The molecule has 0 heterocycles. The van der Waals surface area contributed by atoms with Gasteiger partial charge in [-0.1, -0.05) is 26.7 Å². The van der Waals surface area contributed by atoms with E-state index in [1.807, 2.05) is 6.92 Å². The van der Waals surface area contributed by atoms with Crippen molar-refractivity contribution in [1.82, 2.24) is 5.32 Å². The van der Waals surface area contributed by atoms with Gasteiger partial charge >= 0.3 is 6.18 Å². The molecule has 1 fully saturated rings. The maximum Gasteiger partial charge on any atom is 0.411 e. The van der Waals surface area contributed by atoms with Gasteiger partial charge in [0.05, 0.1) is 5.60 Å². The Labute approximate surface area is 114 Å². The van der Waals surface area contributed by atoms with Crippen molar-refractivity contribution in [3.8, 4) is 0 Å².